The fourth-order valence-corrected chi connectivity index (χ4v) is 2.97. The zero-order valence-electron chi connectivity index (χ0n) is 12.7. The first-order valence-corrected chi connectivity index (χ1v) is 7.79. The van der Waals surface area contributed by atoms with E-state index in [4.69, 9.17) is 16.3 Å². The molecule has 1 aliphatic rings. The number of nitrogens with one attached hydrogen (secondary N) is 1. The molecule has 1 aromatic carbocycles. The lowest BCUT2D eigenvalue weighted by molar-refractivity contribution is 0.116. The minimum Gasteiger partial charge on any atom is -0.376 e. The van der Waals surface area contributed by atoms with E-state index in [1.54, 1.807) is 0 Å². The van der Waals surface area contributed by atoms with E-state index in [-0.39, 0.29) is 0 Å². The lowest BCUT2D eigenvalue weighted by atomic mass is 10.1. The van der Waals surface area contributed by atoms with Crippen LogP contribution in [0.2, 0.25) is 5.02 Å². The maximum Gasteiger partial charge on any atom is 0.0750 e. The van der Waals surface area contributed by atoms with Gasteiger partial charge in [-0.25, -0.2) is 0 Å². The summed E-state index contributed by atoms with van der Waals surface area (Å²) in [4.78, 5) is 2.23. The highest BCUT2D eigenvalue weighted by Crippen LogP contribution is 2.30. The molecular formula is C16H25ClN2O. The van der Waals surface area contributed by atoms with E-state index >= 15 is 0 Å². The molecule has 1 aromatic rings. The molecule has 4 heteroatoms. The first kappa shape index (κ1) is 15.6. The topological polar surface area (TPSA) is 24.5 Å². The van der Waals surface area contributed by atoms with Gasteiger partial charge in [-0.05, 0) is 24.5 Å². The Balaban J connectivity index is 2.10. The second-order valence-corrected chi connectivity index (χ2v) is 6.21. The third-order valence-electron chi connectivity index (χ3n) is 3.65. The van der Waals surface area contributed by atoms with Crippen LogP contribution in [-0.4, -0.2) is 32.3 Å². The Morgan fingerprint density at radius 3 is 2.90 bits per heavy atom. The van der Waals surface area contributed by atoms with Crippen LogP contribution in [0.5, 0.6) is 0 Å². The van der Waals surface area contributed by atoms with Crippen molar-refractivity contribution >= 4 is 17.3 Å². The van der Waals surface area contributed by atoms with Gasteiger partial charge in [0.05, 0.1) is 16.8 Å². The molecule has 20 heavy (non-hydrogen) atoms. The number of para-hydroxylation sites is 1. The van der Waals surface area contributed by atoms with E-state index in [9.17, 15) is 0 Å². The molecule has 0 saturated carbocycles. The van der Waals surface area contributed by atoms with Gasteiger partial charge in [-0.15, -0.1) is 0 Å². The van der Waals surface area contributed by atoms with Crippen LogP contribution in [0.25, 0.3) is 0 Å². The second kappa shape index (κ2) is 7.30. The Morgan fingerprint density at radius 2 is 2.25 bits per heavy atom. The predicted octanol–water partition coefficient (Wildman–Crippen LogP) is 3.45. The number of nitrogens with zero attached hydrogens (tertiary/aromatic N) is 1. The summed E-state index contributed by atoms with van der Waals surface area (Å²) >= 11 is 6.41. The Kier molecular flexibility index (Phi) is 5.70. The lowest BCUT2D eigenvalue weighted by Crippen LogP contribution is -2.30. The maximum absolute atomic E-state index is 6.41. The van der Waals surface area contributed by atoms with Gasteiger partial charge in [-0.1, -0.05) is 37.6 Å². The summed E-state index contributed by atoms with van der Waals surface area (Å²) in [5.74, 6) is 0. The average Bonchev–Trinajstić information content (AvgIpc) is 2.88. The van der Waals surface area contributed by atoms with E-state index in [0.717, 1.165) is 36.8 Å². The summed E-state index contributed by atoms with van der Waals surface area (Å²) < 4.78 is 5.72. The number of likely N-dealkylation sites (N-methyl/N-ethyl adjacent to an activating group) is 1. The van der Waals surface area contributed by atoms with E-state index in [1.807, 2.05) is 12.1 Å². The zero-order chi connectivity index (χ0) is 14.5. The van der Waals surface area contributed by atoms with Gasteiger partial charge < -0.3 is 15.0 Å². The zero-order valence-corrected chi connectivity index (χ0v) is 13.4. The van der Waals surface area contributed by atoms with Crippen molar-refractivity contribution in [1.82, 2.24) is 5.32 Å². The third kappa shape index (κ3) is 4.11. The normalized spacial score (nSPS) is 18.8. The summed E-state index contributed by atoms with van der Waals surface area (Å²) in [5.41, 5.74) is 2.37. The molecule has 1 unspecified atom stereocenters. The summed E-state index contributed by atoms with van der Waals surface area (Å²) in [6.07, 6.45) is 2.65. The first-order chi connectivity index (χ1) is 9.58. The first-order valence-electron chi connectivity index (χ1n) is 7.41. The molecule has 0 spiro atoms. The van der Waals surface area contributed by atoms with Crippen molar-refractivity contribution in [2.24, 2.45) is 0 Å². The van der Waals surface area contributed by atoms with Crippen molar-refractivity contribution in [3.63, 3.8) is 0 Å². The van der Waals surface area contributed by atoms with E-state index in [2.05, 4.69) is 37.2 Å². The Morgan fingerprint density at radius 1 is 1.45 bits per heavy atom. The number of hydrogen-bond acceptors (Lipinski definition) is 3. The molecular weight excluding hydrogens is 272 g/mol. The van der Waals surface area contributed by atoms with Gasteiger partial charge in [0.2, 0.25) is 0 Å². The minimum absolute atomic E-state index is 0.335. The number of halogens is 1. The molecule has 2 rings (SSSR count). The Hall–Kier alpha value is -0.770. The van der Waals surface area contributed by atoms with Gasteiger partial charge in [-0.3, -0.25) is 0 Å². The van der Waals surface area contributed by atoms with Crippen LogP contribution in [0.15, 0.2) is 18.2 Å². The van der Waals surface area contributed by atoms with Crippen molar-refractivity contribution in [3.05, 3.63) is 28.8 Å². The number of hydrogen-bond donors (Lipinski definition) is 1. The minimum atomic E-state index is 0.335. The van der Waals surface area contributed by atoms with Crippen LogP contribution in [-0.2, 0) is 11.3 Å². The SMILES string of the molecule is CC(C)NCc1cccc(Cl)c1N(C)CC1CCCO1. The standard InChI is InChI=1S/C16H25ClN2O/c1-12(2)18-10-13-6-4-8-15(17)16(13)19(3)11-14-7-5-9-20-14/h4,6,8,12,14,18H,5,7,9-11H2,1-3H3. The maximum atomic E-state index is 6.41. The molecule has 1 fully saturated rings. The van der Waals surface area contributed by atoms with Gasteiger partial charge in [0, 0.05) is 32.8 Å². The quantitative estimate of drug-likeness (QED) is 0.870. The van der Waals surface area contributed by atoms with Crippen LogP contribution in [0.4, 0.5) is 5.69 Å². The van der Waals surface area contributed by atoms with Crippen LogP contribution in [0.3, 0.4) is 0 Å². The molecule has 0 bridgehead atoms. The van der Waals surface area contributed by atoms with E-state index in [0.29, 0.717) is 12.1 Å². The number of rotatable bonds is 6. The molecule has 112 valence electrons. The van der Waals surface area contributed by atoms with Crippen LogP contribution in [0.1, 0.15) is 32.3 Å². The van der Waals surface area contributed by atoms with Gasteiger partial charge in [0.25, 0.3) is 0 Å². The van der Waals surface area contributed by atoms with Gasteiger partial charge in [0.1, 0.15) is 0 Å². The lowest BCUT2D eigenvalue weighted by Gasteiger charge is -2.26. The van der Waals surface area contributed by atoms with E-state index < -0.39 is 0 Å². The molecule has 1 heterocycles. The summed E-state index contributed by atoms with van der Waals surface area (Å²) in [6.45, 7) is 6.94. The van der Waals surface area contributed by atoms with Gasteiger partial charge in [0.15, 0.2) is 0 Å². The second-order valence-electron chi connectivity index (χ2n) is 5.80. The van der Waals surface area contributed by atoms with Crippen LogP contribution in [0, 0.1) is 0 Å². The largest absolute Gasteiger partial charge is 0.376 e. The summed E-state index contributed by atoms with van der Waals surface area (Å²) in [7, 11) is 2.10. The highest BCUT2D eigenvalue weighted by atomic mass is 35.5. The monoisotopic (exact) mass is 296 g/mol. The number of benzene rings is 1. The molecule has 1 N–H and O–H groups in total. The number of ether oxygens (including phenoxy) is 1. The van der Waals surface area contributed by atoms with Crippen molar-refractivity contribution in [3.8, 4) is 0 Å². The fourth-order valence-electron chi connectivity index (χ4n) is 2.63. The number of anilines is 1. The summed E-state index contributed by atoms with van der Waals surface area (Å²) in [6, 6.07) is 6.58. The van der Waals surface area contributed by atoms with Gasteiger partial charge >= 0.3 is 0 Å². The van der Waals surface area contributed by atoms with Crippen molar-refractivity contribution < 1.29 is 4.74 Å². The van der Waals surface area contributed by atoms with Crippen LogP contribution < -0.4 is 10.2 Å². The Bertz CT molecular complexity index is 430. The Labute approximate surface area is 127 Å². The summed E-state index contributed by atoms with van der Waals surface area (Å²) in [5, 5.41) is 4.27. The third-order valence-corrected chi connectivity index (χ3v) is 3.96. The molecule has 0 aliphatic carbocycles. The van der Waals surface area contributed by atoms with Crippen LogP contribution >= 0.6 is 11.6 Å². The molecule has 0 amide bonds. The van der Waals surface area contributed by atoms with Crippen molar-refractivity contribution in [1.29, 1.82) is 0 Å². The highest BCUT2D eigenvalue weighted by Gasteiger charge is 2.20. The molecule has 0 radical (unpaired) electrons. The average molecular weight is 297 g/mol. The van der Waals surface area contributed by atoms with E-state index in [1.165, 1.54) is 12.0 Å². The fraction of sp³-hybridized carbons (Fsp3) is 0.625. The molecule has 1 saturated heterocycles. The van der Waals surface area contributed by atoms with Crippen molar-refractivity contribution in [2.75, 3.05) is 25.1 Å². The predicted molar refractivity (Wildman–Crippen MR) is 85.7 cm³/mol. The molecule has 1 aliphatic heterocycles. The molecule has 0 aromatic heterocycles. The molecule has 3 nitrogen and oxygen atoms in total. The van der Waals surface area contributed by atoms with Crippen molar-refractivity contribution in [2.45, 2.75) is 45.4 Å². The molecule has 1 atom stereocenters. The smallest absolute Gasteiger partial charge is 0.0750 e. The highest BCUT2D eigenvalue weighted by molar-refractivity contribution is 6.33. The van der Waals surface area contributed by atoms with Gasteiger partial charge in [-0.2, -0.15) is 0 Å².